The van der Waals surface area contributed by atoms with Crippen molar-refractivity contribution < 1.29 is 53.1 Å². The first kappa shape index (κ1) is 69.2. The van der Waals surface area contributed by atoms with E-state index in [1.54, 1.807) is 20.8 Å². The van der Waals surface area contributed by atoms with Crippen LogP contribution in [0.15, 0.2) is 0 Å². The van der Waals surface area contributed by atoms with Crippen LogP contribution in [-0.4, -0.2) is 162 Å². The average molecular weight is 1110 g/mol. The number of nitrogens with zero attached hydrogens (tertiary/aromatic N) is 1. The van der Waals surface area contributed by atoms with Crippen molar-refractivity contribution in [3.05, 3.63) is 0 Å². The zero-order valence-electron chi connectivity index (χ0n) is 46.6. The van der Waals surface area contributed by atoms with E-state index in [1.165, 1.54) is 11.8 Å². The van der Waals surface area contributed by atoms with Gasteiger partial charge in [0.25, 0.3) is 0 Å². The van der Waals surface area contributed by atoms with Gasteiger partial charge in [0.15, 0.2) is 11.9 Å². The number of guanidine groups is 2. The summed E-state index contributed by atoms with van der Waals surface area (Å²) in [7, 11) is 0. The van der Waals surface area contributed by atoms with E-state index in [9.17, 15) is 53.1 Å². The van der Waals surface area contributed by atoms with Gasteiger partial charge in [-0.1, -0.05) is 34.6 Å². The van der Waals surface area contributed by atoms with Crippen LogP contribution < -0.4 is 76.5 Å². The fourth-order valence-corrected chi connectivity index (χ4v) is 8.65. The number of unbranched alkanes of at least 4 members (excludes halogenated alkanes) is 2. The Morgan fingerprint density at radius 2 is 0.936 bits per heavy atom. The lowest BCUT2D eigenvalue weighted by Gasteiger charge is -2.30. The van der Waals surface area contributed by atoms with E-state index in [0.717, 1.165) is 0 Å². The molecule has 0 aromatic heterocycles. The number of primary amides is 1. The number of rotatable bonds is 39. The third kappa shape index (κ3) is 27.5. The number of likely N-dealkylation sites (tertiary alicyclic amines) is 1. The Bertz CT molecular complexity index is 2010. The molecule has 1 saturated heterocycles. The third-order valence-electron chi connectivity index (χ3n) is 12.9. The van der Waals surface area contributed by atoms with Gasteiger partial charge in [0.2, 0.25) is 53.2 Å². The van der Waals surface area contributed by atoms with Crippen LogP contribution >= 0.6 is 0 Å². The SMILES string of the molecule is CC(C)C[C@H](NC(=O)[C@H](CC(C)C)NC(=O)[C@H](CCCCN)NC(=O)[C@H](CCCNC(=N)N)NC(=O)[C@@H]1CCCN1C(=O)[C@@H](C)CCCNC(=N)N)C(=O)N[C@@H](C)C(=O)N[C@@H](CCC(=O)O)C(=O)N[C@@H](CCCCN)C(N)=O. The molecule has 9 amide bonds. The van der Waals surface area contributed by atoms with Crippen molar-refractivity contribution in [1.82, 2.24) is 52.8 Å². The van der Waals surface area contributed by atoms with E-state index in [2.05, 4.69) is 47.9 Å². The molecule has 28 heteroatoms. The summed E-state index contributed by atoms with van der Waals surface area (Å²) < 4.78 is 0. The van der Waals surface area contributed by atoms with Crippen molar-refractivity contribution in [2.75, 3.05) is 32.7 Å². The van der Waals surface area contributed by atoms with Gasteiger partial charge in [-0.25, -0.2) is 0 Å². The zero-order valence-corrected chi connectivity index (χ0v) is 46.6. The quantitative estimate of drug-likeness (QED) is 0.0169. The Hall–Kier alpha value is -6.84. The number of carboxylic acids is 1. The third-order valence-corrected chi connectivity index (χ3v) is 12.9. The fraction of sp³-hybridized carbons (Fsp3) is 0.760. The number of hydrogen-bond donors (Lipinski definition) is 17. The lowest BCUT2D eigenvalue weighted by Crippen LogP contribution is -2.60. The highest BCUT2D eigenvalue weighted by Gasteiger charge is 2.39. The molecule has 0 saturated carbocycles. The number of hydrogen-bond acceptors (Lipinski definition) is 14. The topological polar surface area (TPSA) is 480 Å². The molecule has 78 heavy (non-hydrogen) atoms. The Balaban J connectivity index is 3.38. The molecule has 1 rings (SSSR count). The van der Waals surface area contributed by atoms with E-state index in [4.69, 9.17) is 39.5 Å². The van der Waals surface area contributed by atoms with Crippen LogP contribution in [0.5, 0.6) is 0 Å². The molecule has 1 fully saturated rings. The monoisotopic (exact) mass is 1110 g/mol. The van der Waals surface area contributed by atoms with E-state index in [1.807, 2.05) is 13.8 Å². The second-order valence-corrected chi connectivity index (χ2v) is 20.8. The molecule has 444 valence electrons. The molecule has 0 aromatic rings. The predicted molar refractivity (Wildman–Crippen MR) is 292 cm³/mol. The molecule has 0 aromatic carbocycles. The summed E-state index contributed by atoms with van der Waals surface area (Å²) >= 11 is 0. The summed E-state index contributed by atoms with van der Waals surface area (Å²) in [4.78, 5) is 136. The van der Waals surface area contributed by atoms with Gasteiger partial charge in [0.1, 0.15) is 48.3 Å². The highest BCUT2D eigenvalue weighted by molar-refractivity contribution is 5.98. The van der Waals surface area contributed by atoms with Crippen LogP contribution in [0.3, 0.4) is 0 Å². The van der Waals surface area contributed by atoms with Crippen LogP contribution in [-0.2, 0) is 47.9 Å². The Morgan fingerprint density at radius 1 is 0.526 bits per heavy atom. The molecule has 1 aliphatic heterocycles. The van der Waals surface area contributed by atoms with Crippen LogP contribution in [0.1, 0.15) is 144 Å². The second-order valence-electron chi connectivity index (χ2n) is 20.8. The van der Waals surface area contributed by atoms with Crippen molar-refractivity contribution in [3.63, 3.8) is 0 Å². The highest BCUT2D eigenvalue weighted by Crippen LogP contribution is 2.22. The van der Waals surface area contributed by atoms with Crippen molar-refractivity contribution >= 4 is 71.1 Å². The van der Waals surface area contributed by atoms with Crippen molar-refractivity contribution in [2.45, 2.75) is 193 Å². The number of amides is 9. The predicted octanol–water partition coefficient (Wildman–Crippen LogP) is -2.75. The fourth-order valence-electron chi connectivity index (χ4n) is 8.65. The summed E-state index contributed by atoms with van der Waals surface area (Å²) in [5, 5.41) is 48.1. The number of nitrogens with one attached hydrogen (secondary N) is 11. The number of nitrogens with two attached hydrogens (primary N) is 5. The average Bonchev–Trinajstić information content (AvgIpc) is 3.86. The summed E-state index contributed by atoms with van der Waals surface area (Å²) in [5.41, 5.74) is 27.7. The van der Waals surface area contributed by atoms with Gasteiger partial charge >= 0.3 is 5.97 Å². The Morgan fingerprint density at radius 3 is 1.41 bits per heavy atom. The molecular formula is C50H93N17O11. The molecular weight excluding hydrogens is 1010 g/mol. The first-order valence-electron chi connectivity index (χ1n) is 27.2. The minimum absolute atomic E-state index is 0.0428. The van der Waals surface area contributed by atoms with Crippen LogP contribution in [0, 0.1) is 28.6 Å². The summed E-state index contributed by atoms with van der Waals surface area (Å²) in [6, 6.07) is -9.70. The molecule has 0 bridgehead atoms. The molecule has 0 unspecified atom stereocenters. The lowest BCUT2D eigenvalue weighted by molar-refractivity contribution is -0.142. The molecule has 0 radical (unpaired) electrons. The Labute approximate surface area is 458 Å². The number of carboxylic acid groups (broad SMARTS) is 1. The van der Waals surface area contributed by atoms with Crippen molar-refractivity contribution in [3.8, 4) is 0 Å². The smallest absolute Gasteiger partial charge is 0.303 e. The van der Waals surface area contributed by atoms with Gasteiger partial charge in [-0.05, 0) is 128 Å². The van der Waals surface area contributed by atoms with Gasteiger partial charge in [-0.15, -0.1) is 0 Å². The zero-order chi connectivity index (χ0) is 59.1. The standard InChI is InChI=1S/C50H93N17O11/c1-28(2)26-36(45(75)60-31(6)41(71)62-35(19-20-39(68)69)44(74)61-32(40(53)70)15-7-9-21-51)66-46(76)37(27-29(3)4)65-43(73)33(16-8-10-22-52)63-42(72)34(17-12-24-59-50(56)57)64-47(77)38-18-13-25-67(38)48(78)30(5)14-11-23-58-49(54)55/h28-38H,7-27,51-52H2,1-6H3,(H2,53,70)(H,60,75)(H,61,74)(H,62,71)(H,63,72)(H,64,77)(H,65,73)(H,66,76)(H,68,69)(H4,54,55,58)(H4,56,57,59)/t30-,31-,32-,33-,34-,35-,36-,37-,38-/m0/s1. The van der Waals surface area contributed by atoms with Gasteiger partial charge in [0, 0.05) is 32.0 Å². The van der Waals surface area contributed by atoms with Crippen molar-refractivity contribution in [1.29, 1.82) is 10.8 Å². The van der Waals surface area contributed by atoms with E-state index in [-0.39, 0.29) is 87.7 Å². The van der Waals surface area contributed by atoms with Gasteiger partial charge in [0.05, 0.1) is 0 Å². The number of carbonyl (C=O) groups excluding carboxylic acids is 9. The highest BCUT2D eigenvalue weighted by atomic mass is 16.4. The first-order valence-corrected chi connectivity index (χ1v) is 27.2. The minimum Gasteiger partial charge on any atom is -0.481 e. The lowest BCUT2D eigenvalue weighted by atomic mass is 9.99. The van der Waals surface area contributed by atoms with Crippen LogP contribution in [0.2, 0.25) is 0 Å². The molecule has 1 aliphatic rings. The molecule has 0 spiro atoms. The van der Waals surface area contributed by atoms with Gasteiger partial charge in [-0.2, -0.15) is 0 Å². The maximum absolute atomic E-state index is 14.3. The molecule has 22 N–H and O–H groups in total. The molecule has 9 atom stereocenters. The molecule has 1 heterocycles. The van der Waals surface area contributed by atoms with E-state index in [0.29, 0.717) is 71.0 Å². The molecule has 28 nitrogen and oxygen atoms in total. The summed E-state index contributed by atoms with van der Waals surface area (Å²) in [6.07, 6.45) is 3.61. The summed E-state index contributed by atoms with van der Waals surface area (Å²) in [5.74, 6) is -8.92. The largest absolute Gasteiger partial charge is 0.481 e. The van der Waals surface area contributed by atoms with E-state index >= 15 is 0 Å². The minimum atomic E-state index is -1.44. The first-order chi connectivity index (χ1) is 36.7. The maximum atomic E-state index is 14.3. The Kier molecular flexibility index (Phi) is 32.9. The van der Waals surface area contributed by atoms with Gasteiger partial charge < -0.3 is 86.5 Å². The summed E-state index contributed by atoms with van der Waals surface area (Å²) in [6.45, 7) is 11.8. The number of carbonyl (C=O) groups is 10. The van der Waals surface area contributed by atoms with Crippen LogP contribution in [0.25, 0.3) is 0 Å². The van der Waals surface area contributed by atoms with E-state index < -0.39 is 114 Å². The second kappa shape index (κ2) is 37.1. The molecule has 0 aliphatic carbocycles. The normalized spacial score (nSPS) is 16.2. The van der Waals surface area contributed by atoms with Crippen LogP contribution in [0.4, 0.5) is 0 Å². The maximum Gasteiger partial charge on any atom is 0.303 e. The van der Waals surface area contributed by atoms with Gasteiger partial charge in [-0.3, -0.25) is 58.8 Å². The number of aliphatic carboxylic acids is 1. The van der Waals surface area contributed by atoms with Crippen molar-refractivity contribution in [2.24, 2.45) is 46.4 Å².